The number of carbonyl (C=O) groups excluding carboxylic acids is 7. The second-order valence-electron chi connectivity index (χ2n) is 7.43. The third-order valence-electron chi connectivity index (χ3n) is 4.75. The van der Waals surface area contributed by atoms with E-state index in [2.05, 4.69) is 21.3 Å². The summed E-state index contributed by atoms with van der Waals surface area (Å²) in [6.45, 7) is 2.60. The van der Waals surface area contributed by atoms with Gasteiger partial charge in [-0.3, -0.25) is 38.5 Å². The van der Waals surface area contributed by atoms with Gasteiger partial charge in [-0.1, -0.05) is 6.92 Å². The van der Waals surface area contributed by atoms with Gasteiger partial charge in [0.05, 0.1) is 19.6 Å². The van der Waals surface area contributed by atoms with Crippen molar-refractivity contribution in [2.24, 2.45) is 5.92 Å². The maximum Gasteiger partial charge on any atom is 0.239 e. The van der Waals surface area contributed by atoms with Crippen molar-refractivity contribution in [3.63, 3.8) is 0 Å². The maximum absolute atomic E-state index is 12.0. The number of likely N-dealkylation sites (tertiary alicyclic amines) is 1. The lowest BCUT2D eigenvalue weighted by Crippen LogP contribution is -2.44. The Kier molecular flexibility index (Phi) is 11.6. The van der Waals surface area contributed by atoms with Crippen LogP contribution in [0.4, 0.5) is 0 Å². The number of hydrogen-bond acceptors (Lipinski definition) is 7. The number of Topliss-reactive ketones (excluding diaryl/α,β-unsaturated/α-hetero) is 1. The van der Waals surface area contributed by atoms with Crippen LogP contribution in [0, 0.1) is 5.92 Å². The van der Waals surface area contributed by atoms with Crippen LogP contribution in [0.15, 0.2) is 0 Å². The summed E-state index contributed by atoms with van der Waals surface area (Å²) in [7, 11) is 0. The molecule has 1 fully saturated rings. The molecule has 1 aliphatic rings. The van der Waals surface area contributed by atoms with Crippen molar-refractivity contribution >= 4 is 41.2 Å². The lowest BCUT2D eigenvalue weighted by molar-refractivity contribution is -0.140. The summed E-state index contributed by atoms with van der Waals surface area (Å²) in [5.41, 5.74) is 0. The first-order chi connectivity index (χ1) is 15.1. The topological polar surface area (TPSA) is 171 Å². The standard InChI is InChI=1S/C20H31N5O7/c1-3-14-9-19(31)25(20(14)32)8-4-5-15(27)22-11-17(29)24-12-18(30)23-10-16(28)21-7-6-13(2)26/h14H,3-12H2,1-2H3,(H,21,28)(H,22,27)(H,23,30)(H,24,29). The zero-order valence-corrected chi connectivity index (χ0v) is 18.5. The Balaban J connectivity index is 2.13. The van der Waals surface area contributed by atoms with E-state index >= 15 is 0 Å². The van der Waals surface area contributed by atoms with Crippen LogP contribution in [-0.4, -0.2) is 78.9 Å². The van der Waals surface area contributed by atoms with E-state index in [4.69, 9.17) is 0 Å². The van der Waals surface area contributed by atoms with Crippen LogP contribution >= 0.6 is 0 Å². The van der Waals surface area contributed by atoms with Crippen LogP contribution in [0.25, 0.3) is 0 Å². The highest BCUT2D eigenvalue weighted by atomic mass is 16.2. The zero-order chi connectivity index (χ0) is 24.1. The average molecular weight is 453 g/mol. The number of nitrogens with zero attached hydrogens (tertiary/aromatic N) is 1. The SMILES string of the molecule is CCC1CC(=O)N(CCCC(=O)NCC(=O)NCC(=O)NCC(=O)NCCC(C)=O)C1=O. The van der Waals surface area contributed by atoms with Crippen LogP contribution in [0.2, 0.25) is 0 Å². The third-order valence-corrected chi connectivity index (χ3v) is 4.75. The van der Waals surface area contributed by atoms with E-state index in [1.165, 1.54) is 11.8 Å². The first-order valence-corrected chi connectivity index (χ1v) is 10.5. The number of imide groups is 1. The number of nitrogens with one attached hydrogen (secondary N) is 4. The van der Waals surface area contributed by atoms with Gasteiger partial charge in [0, 0.05) is 38.3 Å². The van der Waals surface area contributed by atoms with Crippen LogP contribution in [0.3, 0.4) is 0 Å². The van der Waals surface area contributed by atoms with Gasteiger partial charge in [-0.25, -0.2) is 0 Å². The highest BCUT2D eigenvalue weighted by Crippen LogP contribution is 2.22. The number of hydrogen-bond donors (Lipinski definition) is 4. The van der Waals surface area contributed by atoms with Crippen molar-refractivity contribution in [3.05, 3.63) is 0 Å². The molecular weight excluding hydrogens is 422 g/mol. The fourth-order valence-electron chi connectivity index (χ4n) is 2.89. The van der Waals surface area contributed by atoms with Gasteiger partial charge < -0.3 is 21.3 Å². The normalized spacial score (nSPS) is 15.3. The van der Waals surface area contributed by atoms with Crippen molar-refractivity contribution in [3.8, 4) is 0 Å². The summed E-state index contributed by atoms with van der Waals surface area (Å²) in [6.07, 6.45) is 1.34. The zero-order valence-electron chi connectivity index (χ0n) is 18.5. The molecule has 32 heavy (non-hydrogen) atoms. The van der Waals surface area contributed by atoms with Gasteiger partial charge in [0.2, 0.25) is 35.4 Å². The van der Waals surface area contributed by atoms with Gasteiger partial charge in [-0.2, -0.15) is 0 Å². The molecule has 0 aromatic heterocycles. The van der Waals surface area contributed by atoms with E-state index in [0.717, 1.165) is 0 Å². The van der Waals surface area contributed by atoms with E-state index in [1.807, 2.05) is 6.92 Å². The van der Waals surface area contributed by atoms with Crippen LogP contribution in [0.5, 0.6) is 0 Å². The van der Waals surface area contributed by atoms with E-state index in [1.54, 1.807) is 0 Å². The van der Waals surface area contributed by atoms with Gasteiger partial charge in [0.25, 0.3) is 0 Å². The van der Waals surface area contributed by atoms with E-state index in [-0.39, 0.29) is 81.9 Å². The summed E-state index contributed by atoms with van der Waals surface area (Å²) in [5, 5.41) is 9.47. The van der Waals surface area contributed by atoms with Gasteiger partial charge in [-0.15, -0.1) is 0 Å². The molecule has 4 N–H and O–H groups in total. The quantitative estimate of drug-likeness (QED) is 0.220. The molecule has 1 unspecified atom stereocenters. The molecule has 0 spiro atoms. The monoisotopic (exact) mass is 453 g/mol. The van der Waals surface area contributed by atoms with Gasteiger partial charge >= 0.3 is 0 Å². The minimum atomic E-state index is -0.588. The molecule has 1 rings (SSSR count). The Hall–Kier alpha value is -3.31. The number of ketones is 1. The molecule has 0 aromatic rings. The molecule has 0 bridgehead atoms. The predicted molar refractivity (Wildman–Crippen MR) is 112 cm³/mol. The largest absolute Gasteiger partial charge is 0.354 e. The Morgan fingerprint density at radius 1 is 0.844 bits per heavy atom. The van der Waals surface area contributed by atoms with E-state index in [0.29, 0.717) is 6.42 Å². The summed E-state index contributed by atoms with van der Waals surface area (Å²) < 4.78 is 0. The molecule has 178 valence electrons. The molecule has 1 heterocycles. The minimum Gasteiger partial charge on any atom is -0.354 e. The highest BCUT2D eigenvalue weighted by molar-refractivity contribution is 6.03. The van der Waals surface area contributed by atoms with Crippen molar-refractivity contribution in [1.29, 1.82) is 0 Å². The molecule has 1 aliphatic heterocycles. The summed E-state index contributed by atoms with van der Waals surface area (Å²) >= 11 is 0. The van der Waals surface area contributed by atoms with Gasteiger partial charge in [0.15, 0.2) is 0 Å². The fraction of sp³-hybridized carbons (Fsp3) is 0.650. The molecule has 1 saturated heterocycles. The summed E-state index contributed by atoms with van der Waals surface area (Å²) in [5.74, 6) is -2.83. The van der Waals surface area contributed by atoms with E-state index in [9.17, 15) is 33.6 Å². The highest BCUT2D eigenvalue weighted by Gasteiger charge is 2.36. The molecule has 0 aliphatic carbocycles. The van der Waals surface area contributed by atoms with Crippen LogP contribution in [0.1, 0.15) is 46.0 Å². The molecule has 0 saturated carbocycles. The van der Waals surface area contributed by atoms with Crippen LogP contribution < -0.4 is 21.3 Å². The Morgan fingerprint density at radius 2 is 1.38 bits per heavy atom. The summed E-state index contributed by atoms with van der Waals surface area (Å²) in [6, 6.07) is 0. The number of amides is 6. The molecule has 0 aromatic carbocycles. The van der Waals surface area contributed by atoms with Crippen molar-refractivity contribution in [1.82, 2.24) is 26.2 Å². The molecule has 0 radical (unpaired) electrons. The van der Waals surface area contributed by atoms with Crippen molar-refractivity contribution in [2.45, 2.75) is 46.0 Å². The first kappa shape index (κ1) is 26.7. The van der Waals surface area contributed by atoms with Crippen LogP contribution in [-0.2, 0) is 33.6 Å². The smallest absolute Gasteiger partial charge is 0.239 e. The van der Waals surface area contributed by atoms with Gasteiger partial charge in [-0.05, 0) is 19.8 Å². The van der Waals surface area contributed by atoms with E-state index < -0.39 is 23.6 Å². The Labute approximate surface area is 186 Å². The average Bonchev–Trinajstić information content (AvgIpc) is 3.02. The minimum absolute atomic E-state index is 0.0420. The fourth-order valence-corrected chi connectivity index (χ4v) is 2.89. The van der Waals surface area contributed by atoms with Gasteiger partial charge in [0.1, 0.15) is 5.78 Å². The lowest BCUT2D eigenvalue weighted by atomic mass is 10.1. The summed E-state index contributed by atoms with van der Waals surface area (Å²) in [4.78, 5) is 82.4. The first-order valence-electron chi connectivity index (χ1n) is 10.5. The maximum atomic E-state index is 12.0. The molecule has 12 heteroatoms. The van der Waals surface area contributed by atoms with Crippen molar-refractivity contribution < 1.29 is 33.6 Å². The van der Waals surface area contributed by atoms with Crippen molar-refractivity contribution in [2.75, 3.05) is 32.7 Å². The number of rotatable bonds is 14. The molecule has 12 nitrogen and oxygen atoms in total. The number of carbonyl (C=O) groups is 7. The predicted octanol–water partition coefficient (Wildman–Crippen LogP) is -2.00. The Bertz CT molecular complexity index is 753. The molecule has 6 amide bonds. The molecule has 1 atom stereocenters. The second kappa shape index (κ2) is 13.9. The second-order valence-corrected chi connectivity index (χ2v) is 7.43. The Morgan fingerprint density at radius 3 is 1.88 bits per heavy atom. The third kappa shape index (κ3) is 10.1. The molecular formula is C20H31N5O7. The lowest BCUT2D eigenvalue weighted by Gasteiger charge is -2.14.